The highest BCUT2D eigenvalue weighted by Gasteiger charge is 2.29. The highest BCUT2D eigenvalue weighted by Crippen LogP contribution is 2.36. The van der Waals surface area contributed by atoms with Crippen molar-refractivity contribution in [2.75, 3.05) is 6.61 Å². The molecule has 1 saturated carbocycles. The van der Waals surface area contributed by atoms with Gasteiger partial charge >= 0.3 is 0 Å². The fourth-order valence-electron chi connectivity index (χ4n) is 3.28. The van der Waals surface area contributed by atoms with E-state index in [4.69, 9.17) is 4.74 Å². The number of hydrogen-bond acceptors (Lipinski definition) is 2. The van der Waals surface area contributed by atoms with E-state index in [1.165, 1.54) is 12.8 Å². The van der Waals surface area contributed by atoms with E-state index in [2.05, 4.69) is 20.8 Å². The largest absolute Gasteiger partial charge is 0.493 e. The second kappa shape index (κ2) is 7.63. The number of carbonyl (C=O) groups excluding carboxylic acids is 1. The maximum Gasteiger partial charge on any atom is 0.169 e. The zero-order valence-electron chi connectivity index (χ0n) is 13.6. The van der Waals surface area contributed by atoms with E-state index >= 15 is 0 Å². The minimum atomic E-state index is 0.186. The highest BCUT2D eigenvalue weighted by atomic mass is 16.5. The van der Waals surface area contributed by atoms with Crippen molar-refractivity contribution in [1.82, 2.24) is 0 Å². The summed E-state index contributed by atoms with van der Waals surface area (Å²) in [6.07, 6.45) is 5.40. The van der Waals surface area contributed by atoms with Crippen molar-refractivity contribution < 1.29 is 9.53 Å². The Kier molecular flexibility index (Phi) is 5.84. The minimum absolute atomic E-state index is 0.186. The molecule has 0 spiro atoms. The lowest BCUT2D eigenvalue weighted by Gasteiger charge is -2.30. The molecule has 0 saturated heterocycles. The van der Waals surface area contributed by atoms with Gasteiger partial charge in [0, 0.05) is 5.92 Å². The van der Waals surface area contributed by atoms with Gasteiger partial charge in [-0.1, -0.05) is 32.9 Å². The van der Waals surface area contributed by atoms with Crippen LogP contribution in [0.4, 0.5) is 0 Å². The molecular weight excluding hydrogens is 260 g/mol. The van der Waals surface area contributed by atoms with Gasteiger partial charge in [0.1, 0.15) is 5.75 Å². The van der Waals surface area contributed by atoms with Gasteiger partial charge < -0.3 is 4.74 Å². The smallest absolute Gasteiger partial charge is 0.169 e. The topological polar surface area (TPSA) is 26.3 Å². The third-order valence-corrected chi connectivity index (χ3v) is 4.70. The summed E-state index contributed by atoms with van der Waals surface area (Å²) < 4.78 is 5.74. The number of rotatable bonds is 6. The third-order valence-electron chi connectivity index (χ3n) is 4.70. The number of benzene rings is 1. The molecule has 1 aromatic carbocycles. The summed E-state index contributed by atoms with van der Waals surface area (Å²) in [6, 6.07) is 7.72. The van der Waals surface area contributed by atoms with Crippen molar-refractivity contribution in [2.24, 2.45) is 17.8 Å². The van der Waals surface area contributed by atoms with Crippen LogP contribution >= 0.6 is 0 Å². The van der Waals surface area contributed by atoms with Gasteiger partial charge in [0.05, 0.1) is 12.2 Å². The van der Waals surface area contributed by atoms with E-state index in [1.807, 2.05) is 24.3 Å². The maximum atomic E-state index is 12.8. The van der Waals surface area contributed by atoms with Crippen LogP contribution in [0.3, 0.4) is 0 Å². The van der Waals surface area contributed by atoms with E-state index in [-0.39, 0.29) is 11.7 Å². The molecule has 0 amide bonds. The number of Topliss-reactive ketones (excluding diaryl/α,β-unsaturated/α-hetero) is 1. The Hall–Kier alpha value is -1.31. The molecular formula is C19H28O2. The van der Waals surface area contributed by atoms with Gasteiger partial charge in [-0.2, -0.15) is 0 Å². The first-order valence-electron chi connectivity index (χ1n) is 8.39. The third kappa shape index (κ3) is 4.09. The number of para-hydroxylation sites is 1. The van der Waals surface area contributed by atoms with E-state index in [1.54, 1.807) is 0 Å². The van der Waals surface area contributed by atoms with Crippen molar-refractivity contribution >= 4 is 5.78 Å². The average Bonchev–Trinajstić information content (AvgIpc) is 2.52. The van der Waals surface area contributed by atoms with Crippen LogP contribution in [0.2, 0.25) is 0 Å². The Morgan fingerprint density at radius 2 is 1.86 bits per heavy atom. The molecule has 1 aromatic rings. The van der Waals surface area contributed by atoms with Gasteiger partial charge in [-0.3, -0.25) is 4.79 Å². The summed E-state index contributed by atoms with van der Waals surface area (Å²) in [7, 11) is 0. The van der Waals surface area contributed by atoms with Gasteiger partial charge in [-0.05, 0) is 56.1 Å². The standard InChI is InChI=1S/C19H28O2/c1-4-13-21-18-8-6-5-7-17(18)19(20)16-11-9-15(10-12-16)14(2)3/h5-8,14-16H,4,9-13H2,1-3H3. The van der Waals surface area contributed by atoms with Crippen LogP contribution in [0.1, 0.15) is 63.2 Å². The van der Waals surface area contributed by atoms with Gasteiger partial charge in [0.15, 0.2) is 5.78 Å². The minimum Gasteiger partial charge on any atom is -0.493 e. The van der Waals surface area contributed by atoms with Crippen LogP contribution in [0.5, 0.6) is 5.75 Å². The number of ketones is 1. The number of ether oxygens (including phenoxy) is 1. The second-order valence-electron chi connectivity index (χ2n) is 6.56. The first-order chi connectivity index (χ1) is 10.1. The zero-order valence-corrected chi connectivity index (χ0v) is 13.6. The molecule has 1 fully saturated rings. The van der Waals surface area contributed by atoms with Crippen molar-refractivity contribution in [2.45, 2.75) is 52.9 Å². The van der Waals surface area contributed by atoms with E-state index < -0.39 is 0 Å². The van der Waals surface area contributed by atoms with E-state index in [0.717, 1.165) is 42.4 Å². The fraction of sp³-hybridized carbons (Fsp3) is 0.632. The SMILES string of the molecule is CCCOc1ccccc1C(=O)C1CCC(C(C)C)CC1. The first-order valence-corrected chi connectivity index (χ1v) is 8.39. The Bertz CT molecular complexity index is 456. The predicted molar refractivity (Wildman–Crippen MR) is 86.8 cm³/mol. The maximum absolute atomic E-state index is 12.8. The lowest BCUT2D eigenvalue weighted by Crippen LogP contribution is -2.24. The molecule has 0 atom stereocenters. The molecule has 0 bridgehead atoms. The summed E-state index contributed by atoms with van der Waals surface area (Å²) in [5, 5.41) is 0. The van der Waals surface area contributed by atoms with Crippen LogP contribution in [0, 0.1) is 17.8 Å². The lowest BCUT2D eigenvalue weighted by atomic mass is 9.74. The van der Waals surface area contributed by atoms with Gasteiger partial charge in [-0.25, -0.2) is 0 Å². The molecule has 2 rings (SSSR count). The van der Waals surface area contributed by atoms with Gasteiger partial charge in [0.2, 0.25) is 0 Å². The zero-order chi connectivity index (χ0) is 15.2. The Morgan fingerprint density at radius 3 is 2.48 bits per heavy atom. The molecule has 0 aromatic heterocycles. The summed E-state index contributed by atoms with van der Waals surface area (Å²) in [4.78, 5) is 12.8. The Morgan fingerprint density at radius 1 is 1.19 bits per heavy atom. The molecule has 2 heteroatoms. The molecule has 0 heterocycles. The summed E-state index contributed by atoms with van der Waals surface area (Å²) in [5.41, 5.74) is 0.777. The summed E-state index contributed by atoms with van der Waals surface area (Å²) >= 11 is 0. The van der Waals surface area contributed by atoms with Gasteiger partial charge in [0.25, 0.3) is 0 Å². The fourth-order valence-corrected chi connectivity index (χ4v) is 3.28. The van der Waals surface area contributed by atoms with Crippen molar-refractivity contribution in [3.05, 3.63) is 29.8 Å². The van der Waals surface area contributed by atoms with Crippen LogP contribution in [-0.4, -0.2) is 12.4 Å². The monoisotopic (exact) mass is 288 g/mol. The Labute approximate surface area is 128 Å². The van der Waals surface area contributed by atoms with Gasteiger partial charge in [-0.15, -0.1) is 0 Å². The van der Waals surface area contributed by atoms with Crippen molar-refractivity contribution in [3.8, 4) is 5.75 Å². The number of hydrogen-bond donors (Lipinski definition) is 0. The molecule has 116 valence electrons. The summed E-state index contributed by atoms with van der Waals surface area (Å²) in [5.74, 6) is 2.76. The molecule has 0 N–H and O–H groups in total. The van der Waals surface area contributed by atoms with Crippen LogP contribution in [-0.2, 0) is 0 Å². The van der Waals surface area contributed by atoms with Crippen LogP contribution in [0.15, 0.2) is 24.3 Å². The molecule has 2 nitrogen and oxygen atoms in total. The normalized spacial score (nSPS) is 22.3. The van der Waals surface area contributed by atoms with E-state index in [0.29, 0.717) is 6.61 Å². The molecule has 0 radical (unpaired) electrons. The van der Waals surface area contributed by atoms with E-state index in [9.17, 15) is 4.79 Å². The quantitative estimate of drug-likeness (QED) is 0.679. The van der Waals surface area contributed by atoms with Crippen molar-refractivity contribution in [1.29, 1.82) is 0 Å². The van der Waals surface area contributed by atoms with Crippen molar-refractivity contribution in [3.63, 3.8) is 0 Å². The highest BCUT2D eigenvalue weighted by molar-refractivity contribution is 6.00. The molecule has 1 aliphatic carbocycles. The van der Waals surface area contributed by atoms with Crippen LogP contribution in [0.25, 0.3) is 0 Å². The molecule has 0 unspecified atom stereocenters. The molecule has 21 heavy (non-hydrogen) atoms. The Balaban J connectivity index is 2.04. The first kappa shape index (κ1) is 16.1. The molecule has 1 aliphatic rings. The molecule has 0 aliphatic heterocycles. The number of carbonyl (C=O) groups is 1. The predicted octanol–water partition coefficient (Wildman–Crippen LogP) is 5.12. The lowest BCUT2D eigenvalue weighted by molar-refractivity contribution is 0.0855. The second-order valence-corrected chi connectivity index (χ2v) is 6.56. The summed E-state index contributed by atoms with van der Waals surface area (Å²) in [6.45, 7) is 7.34. The van der Waals surface area contributed by atoms with Crippen LogP contribution < -0.4 is 4.74 Å². The average molecular weight is 288 g/mol.